The molecule has 3 saturated heterocycles. The van der Waals surface area contributed by atoms with Gasteiger partial charge in [0.15, 0.2) is 0 Å². The van der Waals surface area contributed by atoms with Gasteiger partial charge < -0.3 is 45.1 Å². The SMILES string of the molecule is CCOc1ccc(Cc2cc([C@]34OC[C@](CO)(O3)[C@@H](O)[C@H](O)[C@H]4O)ccc2Cl)cc1.O=C1CC[C@@H](C(=O)O)N1. The molecule has 2 aromatic rings. The minimum atomic E-state index is -1.71. The number of ether oxygens (including phenoxy) is 3. The zero-order chi connectivity index (χ0) is 28.4. The number of nitrogens with one attached hydrogen (secondary N) is 1. The maximum absolute atomic E-state index is 10.7. The smallest absolute Gasteiger partial charge is 0.326 e. The Balaban J connectivity index is 0.000000333. The summed E-state index contributed by atoms with van der Waals surface area (Å²) < 4.78 is 17.1. The fraction of sp³-hybridized carbons (Fsp3) is 0.481. The third-order valence-electron chi connectivity index (χ3n) is 7.10. The highest BCUT2D eigenvalue weighted by molar-refractivity contribution is 6.31. The van der Waals surface area contributed by atoms with Gasteiger partial charge in [0.25, 0.3) is 0 Å². The minimum Gasteiger partial charge on any atom is -0.494 e. The second kappa shape index (κ2) is 11.8. The van der Waals surface area contributed by atoms with Gasteiger partial charge in [-0.1, -0.05) is 29.8 Å². The first-order valence-electron chi connectivity index (χ1n) is 12.6. The minimum absolute atomic E-state index is 0.164. The van der Waals surface area contributed by atoms with Crippen molar-refractivity contribution in [2.45, 2.75) is 61.9 Å². The summed E-state index contributed by atoms with van der Waals surface area (Å²) in [4.78, 5) is 20.5. The molecule has 3 heterocycles. The second-order valence-corrected chi connectivity index (χ2v) is 10.1. The molecular formula is C27H32ClNO10. The van der Waals surface area contributed by atoms with Crippen LogP contribution in [-0.4, -0.2) is 87.2 Å². The number of rotatable bonds is 7. The van der Waals surface area contributed by atoms with E-state index in [2.05, 4.69) is 5.32 Å². The van der Waals surface area contributed by atoms with E-state index in [0.717, 1.165) is 16.9 Å². The van der Waals surface area contributed by atoms with Gasteiger partial charge in [0.2, 0.25) is 11.7 Å². The lowest BCUT2D eigenvalue weighted by Gasteiger charge is -2.46. The van der Waals surface area contributed by atoms with E-state index in [1.54, 1.807) is 18.2 Å². The quantitative estimate of drug-likeness (QED) is 0.280. The molecule has 6 atom stereocenters. The fourth-order valence-corrected chi connectivity index (χ4v) is 5.08. The summed E-state index contributed by atoms with van der Waals surface area (Å²) in [6, 6.07) is 12.1. The number of hydrogen-bond donors (Lipinski definition) is 6. The zero-order valence-electron chi connectivity index (χ0n) is 21.2. The molecule has 12 heteroatoms. The van der Waals surface area contributed by atoms with E-state index >= 15 is 0 Å². The predicted octanol–water partition coefficient (Wildman–Crippen LogP) is 0.706. The molecule has 5 rings (SSSR count). The number of halogens is 1. The van der Waals surface area contributed by atoms with Gasteiger partial charge in [-0.15, -0.1) is 0 Å². The maximum Gasteiger partial charge on any atom is 0.326 e. The third kappa shape index (κ3) is 5.75. The summed E-state index contributed by atoms with van der Waals surface area (Å²) >= 11 is 6.41. The molecule has 3 aliphatic heterocycles. The topological polar surface area (TPSA) is 175 Å². The molecule has 39 heavy (non-hydrogen) atoms. The van der Waals surface area contributed by atoms with E-state index in [-0.39, 0.29) is 12.5 Å². The van der Waals surface area contributed by atoms with Crippen molar-refractivity contribution in [3.63, 3.8) is 0 Å². The molecule has 2 bridgehead atoms. The molecule has 3 fully saturated rings. The number of benzene rings is 2. The summed E-state index contributed by atoms with van der Waals surface area (Å²) in [5.74, 6) is -2.03. The van der Waals surface area contributed by atoms with Gasteiger partial charge in [0, 0.05) is 17.0 Å². The Morgan fingerprint density at radius 2 is 1.87 bits per heavy atom. The van der Waals surface area contributed by atoms with Crippen molar-refractivity contribution in [3.8, 4) is 5.75 Å². The van der Waals surface area contributed by atoms with E-state index in [4.69, 9.17) is 30.9 Å². The van der Waals surface area contributed by atoms with Crippen LogP contribution in [0.3, 0.4) is 0 Å². The Bertz CT molecular complexity index is 1190. The fourth-order valence-electron chi connectivity index (χ4n) is 4.89. The van der Waals surface area contributed by atoms with Crippen molar-refractivity contribution in [1.82, 2.24) is 5.32 Å². The summed E-state index contributed by atoms with van der Waals surface area (Å²) in [7, 11) is 0. The summed E-state index contributed by atoms with van der Waals surface area (Å²) in [5.41, 5.74) is 0.719. The normalized spacial score (nSPS) is 31.3. The van der Waals surface area contributed by atoms with E-state index < -0.39 is 48.3 Å². The van der Waals surface area contributed by atoms with E-state index in [1.165, 1.54) is 0 Å². The number of carboxylic acids is 1. The Hall–Kier alpha value is -2.77. The Kier molecular flexibility index (Phi) is 8.82. The number of aliphatic hydroxyl groups is 4. The number of hydrogen-bond acceptors (Lipinski definition) is 9. The van der Waals surface area contributed by atoms with E-state index in [9.17, 15) is 30.0 Å². The number of fused-ring (bicyclic) bond motifs is 2. The Labute approximate surface area is 229 Å². The van der Waals surface area contributed by atoms with Crippen LogP contribution in [0.4, 0.5) is 0 Å². The molecule has 0 aromatic heterocycles. The second-order valence-electron chi connectivity index (χ2n) is 9.72. The van der Waals surface area contributed by atoms with Crippen molar-refractivity contribution in [1.29, 1.82) is 0 Å². The average Bonchev–Trinajstić information content (AvgIpc) is 3.54. The highest BCUT2D eigenvalue weighted by atomic mass is 35.5. The van der Waals surface area contributed by atoms with Gasteiger partial charge in [-0.05, 0) is 55.2 Å². The van der Waals surface area contributed by atoms with Crippen molar-refractivity contribution < 1.29 is 49.3 Å². The van der Waals surface area contributed by atoms with Gasteiger partial charge in [0.05, 0.1) is 19.8 Å². The number of aliphatic carboxylic acids is 1. The standard InChI is InChI=1S/C22H25ClO7.C5H7NO3/c1-2-28-16-6-3-13(4-7-16)9-14-10-15(5-8-17(14)23)22-20(27)18(25)19(26)21(11-24,30-22)12-29-22;7-4-2-1-3(6-4)5(8)9/h3-8,10,18-20,24-27H,2,9,11-12H2,1H3;3H,1-2H2,(H,6,7)(H,8,9)/t18-,19-,20+,21-,22-;3-/m00/s1. The summed E-state index contributed by atoms with van der Waals surface area (Å²) in [5, 5.41) is 52.3. The highest BCUT2D eigenvalue weighted by Crippen LogP contribution is 2.49. The Morgan fingerprint density at radius 3 is 2.44 bits per heavy atom. The molecule has 0 saturated carbocycles. The maximum atomic E-state index is 10.7. The van der Waals surface area contributed by atoms with E-state index in [0.29, 0.717) is 36.5 Å². The van der Waals surface area contributed by atoms with Crippen molar-refractivity contribution in [3.05, 3.63) is 64.2 Å². The largest absolute Gasteiger partial charge is 0.494 e. The number of carbonyl (C=O) groups is 2. The van der Waals surface area contributed by atoms with Crippen LogP contribution in [0.25, 0.3) is 0 Å². The third-order valence-corrected chi connectivity index (χ3v) is 7.47. The lowest BCUT2D eigenvalue weighted by atomic mass is 9.83. The van der Waals surface area contributed by atoms with Gasteiger partial charge in [-0.3, -0.25) is 4.79 Å². The highest BCUT2D eigenvalue weighted by Gasteiger charge is 2.67. The summed E-state index contributed by atoms with van der Waals surface area (Å²) in [6.45, 7) is 1.78. The molecule has 0 radical (unpaired) electrons. The van der Waals surface area contributed by atoms with Crippen molar-refractivity contribution in [2.75, 3.05) is 19.8 Å². The first-order valence-corrected chi connectivity index (χ1v) is 12.9. The van der Waals surface area contributed by atoms with E-state index in [1.807, 2.05) is 31.2 Å². The molecule has 0 spiro atoms. The average molecular weight is 566 g/mol. The molecule has 2 aromatic carbocycles. The lowest BCUT2D eigenvalue weighted by molar-refractivity contribution is -0.329. The molecular weight excluding hydrogens is 534 g/mol. The molecule has 11 nitrogen and oxygen atoms in total. The van der Waals surface area contributed by atoms with Crippen LogP contribution in [0, 0.1) is 0 Å². The lowest BCUT2D eigenvalue weighted by Crippen LogP contribution is -2.65. The first kappa shape index (κ1) is 29.2. The van der Waals surface area contributed by atoms with Gasteiger partial charge in [-0.2, -0.15) is 0 Å². The molecule has 3 aliphatic rings. The van der Waals surface area contributed by atoms with Crippen LogP contribution in [-0.2, 0) is 31.3 Å². The molecule has 212 valence electrons. The van der Waals surface area contributed by atoms with Gasteiger partial charge in [-0.25, -0.2) is 4.79 Å². The number of carbonyl (C=O) groups excluding carboxylic acids is 1. The predicted molar refractivity (Wildman–Crippen MR) is 137 cm³/mol. The van der Waals surface area contributed by atoms with Crippen LogP contribution in [0.1, 0.15) is 36.5 Å². The first-order chi connectivity index (χ1) is 18.5. The van der Waals surface area contributed by atoms with Gasteiger partial charge in [0.1, 0.15) is 35.7 Å². The number of amides is 1. The van der Waals surface area contributed by atoms with Crippen LogP contribution < -0.4 is 10.1 Å². The summed E-state index contributed by atoms with van der Waals surface area (Å²) in [6.07, 6.45) is -3.29. The molecule has 6 N–H and O–H groups in total. The van der Waals surface area contributed by atoms with Crippen LogP contribution in [0.5, 0.6) is 5.75 Å². The number of carboxylic acid groups (broad SMARTS) is 1. The molecule has 1 amide bonds. The monoisotopic (exact) mass is 565 g/mol. The molecule has 0 aliphatic carbocycles. The van der Waals surface area contributed by atoms with Crippen LogP contribution in [0.2, 0.25) is 5.02 Å². The number of aliphatic hydroxyl groups excluding tert-OH is 4. The van der Waals surface area contributed by atoms with Crippen molar-refractivity contribution in [2.24, 2.45) is 0 Å². The van der Waals surface area contributed by atoms with Gasteiger partial charge >= 0.3 is 5.97 Å². The molecule has 0 unspecified atom stereocenters. The van der Waals surface area contributed by atoms with Crippen LogP contribution >= 0.6 is 11.6 Å². The zero-order valence-corrected chi connectivity index (χ0v) is 22.0. The van der Waals surface area contributed by atoms with Crippen LogP contribution in [0.15, 0.2) is 42.5 Å². The van der Waals surface area contributed by atoms with Crippen molar-refractivity contribution >= 4 is 23.5 Å². The Morgan fingerprint density at radius 1 is 1.15 bits per heavy atom.